The van der Waals surface area contributed by atoms with Crippen molar-refractivity contribution in [3.05, 3.63) is 40.9 Å². The predicted molar refractivity (Wildman–Crippen MR) is 84.9 cm³/mol. The topological polar surface area (TPSA) is 112 Å². The highest BCUT2D eigenvalue weighted by Crippen LogP contribution is 2.40. The summed E-state index contributed by atoms with van der Waals surface area (Å²) in [7, 11) is 1.78. The van der Waals surface area contributed by atoms with E-state index in [1.807, 2.05) is 5.38 Å². The summed E-state index contributed by atoms with van der Waals surface area (Å²) in [5, 5.41) is 10.3. The molecule has 0 radical (unpaired) electrons. The summed E-state index contributed by atoms with van der Waals surface area (Å²) in [6, 6.07) is -0.161. The molecule has 3 aromatic heterocycles. The molecule has 0 spiro atoms. The molecular weight excluding hydrogens is 314 g/mol. The number of nitrogens with one attached hydrogen (secondary N) is 1. The third kappa shape index (κ3) is 2.16. The van der Waals surface area contributed by atoms with E-state index in [4.69, 9.17) is 5.73 Å². The van der Waals surface area contributed by atoms with Crippen LogP contribution in [0.5, 0.6) is 0 Å². The minimum atomic E-state index is -0.551. The Morgan fingerprint density at radius 1 is 1.48 bits per heavy atom. The van der Waals surface area contributed by atoms with E-state index in [0.29, 0.717) is 6.42 Å². The number of fused-ring (bicyclic) bond motifs is 3. The summed E-state index contributed by atoms with van der Waals surface area (Å²) < 4.78 is 1.65. The fourth-order valence-electron chi connectivity index (χ4n) is 2.94. The first kappa shape index (κ1) is 13.8. The molecule has 23 heavy (non-hydrogen) atoms. The number of anilines is 1. The van der Waals surface area contributed by atoms with Crippen molar-refractivity contribution in [1.29, 1.82) is 0 Å². The van der Waals surface area contributed by atoms with Gasteiger partial charge in [-0.1, -0.05) is 0 Å². The van der Waals surface area contributed by atoms with Gasteiger partial charge in [0.15, 0.2) is 10.8 Å². The van der Waals surface area contributed by atoms with Crippen molar-refractivity contribution >= 4 is 22.4 Å². The molecule has 9 heteroatoms. The quantitative estimate of drug-likeness (QED) is 0.746. The van der Waals surface area contributed by atoms with Gasteiger partial charge >= 0.3 is 0 Å². The Kier molecular flexibility index (Phi) is 3.08. The van der Waals surface area contributed by atoms with Crippen molar-refractivity contribution in [2.45, 2.75) is 12.5 Å². The molecule has 1 aliphatic carbocycles. The summed E-state index contributed by atoms with van der Waals surface area (Å²) in [5.74, 6) is -0.551. The Bertz CT molecular complexity index is 887. The zero-order chi connectivity index (χ0) is 16.0. The monoisotopic (exact) mass is 327 g/mol. The van der Waals surface area contributed by atoms with E-state index in [-0.39, 0.29) is 11.7 Å². The average molecular weight is 327 g/mol. The van der Waals surface area contributed by atoms with Gasteiger partial charge in [0, 0.05) is 42.4 Å². The van der Waals surface area contributed by atoms with E-state index < -0.39 is 5.91 Å². The smallest absolute Gasteiger partial charge is 0.269 e. The standard InChI is InChI=1S/C14H13N7OS/c1-21-12-9(11(20-21)13(15)22)8(19-14-17-2-3-23-14)4-7-5-16-6-18-10(7)12/h2-3,5-6,8H,4H2,1H3,(H2,15,22)(H,17,19). The van der Waals surface area contributed by atoms with Crippen LogP contribution in [-0.2, 0) is 13.5 Å². The van der Waals surface area contributed by atoms with E-state index in [9.17, 15) is 4.79 Å². The lowest BCUT2D eigenvalue weighted by Crippen LogP contribution is -2.23. The number of rotatable bonds is 3. The van der Waals surface area contributed by atoms with Crippen molar-refractivity contribution in [2.24, 2.45) is 12.8 Å². The van der Waals surface area contributed by atoms with E-state index in [2.05, 4.69) is 25.4 Å². The number of amides is 1. The lowest BCUT2D eigenvalue weighted by molar-refractivity contribution is 0.0993. The van der Waals surface area contributed by atoms with Gasteiger partial charge in [0.25, 0.3) is 5.91 Å². The van der Waals surface area contributed by atoms with Crippen LogP contribution in [0.25, 0.3) is 11.4 Å². The summed E-state index contributed by atoms with van der Waals surface area (Å²) in [6.45, 7) is 0. The first-order valence-electron chi connectivity index (χ1n) is 6.97. The largest absolute Gasteiger partial charge is 0.364 e. The van der Waals surface area contributed by atoms with Crippen LogP contribution < -0.4 is 11.1 Å². The van der Waals surface area contributed by atoms with E-state index >= 15 is 0 Å². The van der Waals surface area contributed by atoms with Crippen LogP contribution in [0.1, 0.15) is 27.7 Å². The van der Waals surface area contributed by atoms with Gasteiger partial charge in [-0.05, 0) is 0 Å². The number of primary amides is 1. The molecule has 1 atom stereocenters. The Hall–Kier alpha value is -2.81. The Labute approximate surface area is 135 Å². The summed E-state index contributed by atoms with van der Waals surface area (Å²) >= 11 is 1.50. The fraction of sp³-hybridized carbons (Fsp3) is 0.214. The van der Waals surface area contributed by atoms with Crippen molar-refractivity contribution in [3.8, 4) is 11.4 Å². The molecule has 1 amide bonds. The first-order valence-corrected chi connectivity index (χ1v) is 7.85. The molecule has 0 aromatic carbocycles. The zero-order valence-electron chi connectivity index (χ0n) is 12.2. The molecule has 0 bridgehead atoms. The number of nitrogens with zero attached hydrogens (tertiary/aromatic N) is 5. The van der Waals surface area contributed by atoms with Gasteiger partial charge in [-0.15, -0.1) is 11.3 Å². The van der Waals surface area contributed by atoms with Crippen LogP contribution in [0.15, 0.2) is 24.1 Å². The van der Waals surface area contributed by atoms with Crippen LogP contribution in [0, 0.1) is 0 Å². The molecule has 0 saturated carbocycles. The van der Waals surface area contributed by atoms with Crippen LogP contribution in [0.4, 0.5) is 5.13 Å². The predicted octanol–water partition coefficient (Wildman–Crippen LogP) is 1.14. The second kappa shape index (κ2) is 5.13. The molecule has 1 unspecified atom stereocenters. The third-order valence-corrected chi connectivity index (χ3v) is 4.54. The Balaban J connectivity index is 1.90. The molecule has 3 aromatic rings. The third-order valence-electron chi connectivity index (χ3n) is 3.83. The van der Waals surface area contributed by atoms with Gasteiger partial charge in [0.05, 0.1) is 17.4 Å². The summed E-state index contributed by atoms with van der Waals surface area (Å²) in [5.41, 5.74) is 9.12. The van der Waals surface area contributed by atoms with Gasteiger partial charge in [-0.25, -0.2) is 15.0 Å². The maximum absolute atomic E-state index is 11.8. The number of hydrogen-bond donors (Lipinski definition) is 2. The second-order valence-corrected chi connectivity index (χ2v) is 6.13. The number of carbonyl (C=O) groups is 1. The molecule has 0 aliphatic heterocycles. The molecule has 3 heterocycles. The van der Waals surface area contributed by atoms with E-state index in [1.165, 1.54) is 17.7 Å². The summed E-state index contributed by atoms with van der Waals surface area (Å²) in [4.78, 5) is 24.5. The van der Waals surface area contributed by atoms with Crippen LogP contribution >= 0.6 is 11.3 Å². The van der Waals surface area contributed by atoms with Crippen LogP contribution in [-0.4, -0.2) is 30.6 Å². The second-order valence-electron chi connectivity index (χ2n) is 5.23. The molecule has 8 nitrogen and oxygen atoms in total. The number of hydrogen-bond acceptors (Lipinski definition) is 7. The SMILES string of the molecule is Cn1nc(C(N)=O)c2c1-c1ncncc1CC2Nc1nccs1. The highest BCUT2D eigenvalue weighted by atomic mass is 32.1. The number of aryl methyl sites for hydroxylation is 1. The number of nitrogens with two attached hydrogens (primary N) is 1. The number of aromatic nitrogens is 5. The Morgan fingerprint density at radius 3 is 3.09 bits per heavy atom. The molecule has 0 fully saturated rings. The first-order chi connectivity index (χ1) is 11.1. The van der Waals surface area contributed by atoms with Gasteiger partial charge in [-0.3, -0.25) is 9.48 Å². The fourth-order valence-corrected chi connectivity index (χ4v) is 3.53. The van der Waals surface area contributed by atoms with E-state index in [1.54, 1.807) is 24.1 Å². The molecule has 0 saturated heterocycles. The van der Waals surface area contributed by atoms with Gasteiger partial charge in [-0.2, -0.15) is 5.10 Å². The Morgan fingerprint density at radius 2 is 2.35 bits per heavy atom. The molecule has 1 aliphatic rings. The van der Waals surface area contributed by atoms with Crippen molar-refractivity contribution in [1.82, 2.24) is 24.7 Å². The van der Waals surface area contributed by atoms with Crippen molar-refractivity contribution in [2.75, 3.05) is 5.32 Å². The van der Waals surface area contributed by atoms with Gasteiger partial charge in [0.2, 0.25) is 0 Å². The van der Waals surface area contributed by atoms with Gasteiger partial charge < -0.3 is 11.1 Å². The maximum Gasteiger partial charge on any atom is 0.269 e. The van der Waals surface area contributed by atoms with Gasteiger partial charge in [0.1, 0.15) is 6.33 Å². The highest BCUT2D eigenvalue weighted by molar-refractivity contribution is 7.13. The highest BCUT2D eigenvalue weighted by Gasteiger charge is 2.34. The van der Waals surface area contributed by atoms with Crippen molar-refractivity contribution < 1.29 is 4.79 Å². The molecular formula is C14H13N7OS. The summed E-state index contributed by atoms with van der Waals surface area (Å²) in [6.07, 6.45) is 5.65. The number of thiazole rings is 1. The lowest BCUT2D eigenvalue weighted by atomic mass is 9.88. The van der Waals surface area contributed by atoms with Crippen LogP contribution in [0.2, 0.25) is 0 Å². The lowest BCUT2D eigenvalue weighted by Gasteiger charge is -2.25. The minimum Gasteiger partial charge on any atom is -0.364 e. The zero-order valence-corrected chi connectivity index (χ0v) is 13.0. The molecule has 4 rings (SSSR count). The minimum absolute atomic E-state index is 0.161. The van der Waals surface area contributed by atoms with Crippen LogP contribution in [0.3, 0.4) is 0 Å². The maximum atomic E-state index is 11.8. The normalized spacial score (nSPS) is 15.8. The van der Waals surface area contributed by atoms with E-state index in [0.717, 1.165) is 27.6 Å². The molecule has 116 valence electrons. The van der Waals surface area contributed by atoms with Crippen molar-refractivity contribution in [3.63, 3.8) is 0 Å². The molecule has 3 N–H and O–H groups in total. The number of carbonyl (C=O) groups excluding carboxylic acids is 1. The average Bonchev–Trinajstić information content (AvgIpc) is 3.15.